The fourth-order valence-corrected chi connectivity index (χ4v) is 4.05. The van der Waals surface area contributed by atoms with E-state index >= 15 is 0 Å². The molecule has 2 aliphatic heterocycles. The van der Waals surface area contributed by atoms with Gasteiger partial charge < -0.3 is 4.90 Å². The number of hydrogen-bond acceptors (Lipinski definition) is 4. The Balaban J connectivity index is 1.64. The number of amides is 1. The van der Waals surface area contributed by atoms with E-state index in [0.717, 1.165) is 11.6 Å². The number of rotatable bonds is 3. The van der Waals surface area contributed by atoms with E-state index in [1.54, 1.807) is 16.7 Å². The highest BCUT2D eigenvalue weighted by molar-refractivity contribution is 7.99. The van der Waals surface area contributed by atoms with Gasteiger partial charge in [-0.2, -0.15) is 0 Å². The number of nitrogens with zero attached hydrogens (tertiary/aromatic N) is 1. The summed E-state index contributed by atoms with van der Waals surface area (Å²) in [5, 5.41) is 3.10. The zero-order valence-electron chi connectivity index (χ0n) is 12.9. The lowest BCUT2D eigenvalue weighted by molar-refractivity contribution is -0.133. The summed E-state index contributed by atoms with van der Waals surface area (Å²) in [4.78, 5) is 26.3. The van der Waals surface area contributed by atoms with Crippen LogP contribution in [0.3, 0.4) is 0 Å². The lowest BCUT2D eigenvalue weighted by Gasteiger charge is -2.33. The first-order valence-electron chi connectivity index (χ1n) is 7.76. The Labute approximate surface area is 141 Å². The molecule has 24 heavy (non-hydrogen) atoms. The number of ketones is 1. The van der Waals surface area contributed by atoms with Gasteiger partial charge in [0, 0.05) is 42.8 Å². The second kappa shape index (κ2) is 7.14. The maximum atomic E-state index is 13.8. The first kappa shape index (κ1) is 17.3. The van der Waals surface area contributed by atoms with Gasteiger partial charge in [0.2, 0.25) is 5.91 Å². The summed E-state index contributed by atoms with van der Waals surface area (Å²) in [6, 6.07) is 0.825. The number of carbonyl (C=O) groups excluding carboxylic acids is 2. The number of Topliss-reactive ketones (excluding diaryl/α,β-unsaturated/α-hetero) is 1. The van der Waals surface area contributed by atoms with Gasteiger partial charge in [-0.05, 0) is 12.8 Å². The van der Waals surface area contributed by atoms with Crippen molar-refractivity contribution in [2.75, 3.05) is 24.7 Å². The average Bonchev–Trinajstić information content (AvgIpc) is 3.07. The van der Waals surface area contributed by atoms with Crippen molar-refractivity contribution in [3.8, 4) is 0 Å². The molecule has 1 unspecified atom stereocenters. The summed E-state index contributed by atoms with van der Waals surface area (Å²) >= 11 is 1.65. The minimum absolute atomic E-state index is 0.00467. The molecule has 0 spiro atoms. The minimum Gasteiger partial charge on any atom is -0.341 e. The maximum absolute atomic E-state index is 13.8. The Hall–Kier alpha value is -1.54. The van der Waals surface area contributed by atoms with E-state index in [4.69, 9.17) is 0 Å². The number of benzene rings is 1. The summed E-state index contributed by atoms with van der Waals surface area (Å²) in [7, 11) is 0. The van der Waals surface area contributed by atoms with E-state index in [-0.39, 0.29) is 11.9 Å². The number of halogens is 3. The van der Waals surface area contributed by atoms with Crippen LogP contribution in [0.15, 0.2) is 12.1 Å². The molecule has 1 amide bonds. The fourth-order valence-electron chi connectivity index (χ4n) is 3.12. The number of hydrogen-bond donors (Lipinski definition) is 1. The van der Waals surface area contributed by atoms with Crippen LogP contribution in [-0.4, -0.2) is 47.4 Å². The van der Waals surface area contributed by atoms with Gasteiger partial charge in [0.1, 0.15) is 17.5 Å². The largest absolute Gasteiger partial charge is 0.341 e. The van der Waals surface area contributed by atoms with Gasteiger partial charge in [-0.3, -0.25) is 14.9 Å². The topological polar surface area (TPSA) is 49.4 Å². The molecule has 4 nitrogen and oxygen atoms in total. The van der Waals surface area contributed by atoms with Gasteiger partial charge in [-0.25, -0.2) is 13.2 Å². The molecule has 3 rings (SSSR count). The van der Waals surface area contributed by atoms with E-state index < -0.39 is 34.7 Å². The zero-order valence-corrected chi connectivity index (χ0v) is 13.7. The van der Waals surface area contributed by atoms with Crippen molar-refractivity contribution in [1.82, 2.24) is 10.2 Å². The summed E-state index contributed by atoms with van der Waals surface area (Å²) in [6.07, 6.45) is 0.696. The molecule has 1 aromatic carbocycles. The molecule has 0 bridgehead atoms. The summed E-state index contributed by atoms with van der Waals surface area (Å²) in [6.45, 7) is 0.755. The predicted octanol–water partition coefficient (Wildman–Crippen LogP) is 2.19. The normalized spacial score (nSPS) is 22.0. The molecule has 2 saturated heterocycles. The number of piperidine rings is 1. The van der Waals surface area contributed by atoms with Gasteiger partial charge in [0.15, 0.2) is 5.78 Å². The molecule has 130 valence electrons. The second-order valence-electron chi connectivity index (χ2n) is 5.98. The van der Waals surface area contributed by atoms with E-state index in [1.807, 2.05) is 0 Å². The lowest BCUT2D eigenvalue weighted by atomic mass is 9.88. The van der Waals surface area contributed by atoms with Crippen LogP contribution in [-0.2, 0) is 4.79 Å². The van der Waals surface area contributed by atoms with Gasteiger partial charge in [-0.15, -0.1) is 11.8 Å². The fraction of sp³-hybridized carbons (Fsp3) is 0.500. The van der Waals surface area contributed by atoms with Crippen molar-refractivity contribution >= 4 is 23.5 Å². The van der Waals surface area contributed by atoms with Crippen molar-refractivity contribution in [2.45, 2.75) is 18.9 Å². The maximum Gasteiger partial charge on any atom is 0.240 e. The Morgan fingerprint density at radius 1 is 1.12 bits per heavy atom. The van der Waals surface area contributed by atoms with Crippen LogP contribution in [0.25, 0.3) is 0 Å². The molecule has 1 atom stereocenters. The van der Waals surface area contributed by atoms with Crippen LogP contribution in [0, 0.1) is 23.4 Å². The molecule has 1 aromatic rings. The van der Waals surface area contributed by atoms with Crippen molar-refractivity contribution < 1.29 is 22.8 Å². The molecular weight excluding hydrogens is 341 g/mol. The molecule has 8 heteroatoms. The van der Waals surface area contributed by atoms with Crippen LogP contribution >= 0.6 is 11.8 Å². The Kier molecular flexibility index (Phi) is 5.15. The van der Waals surface area contributed by atoms with E-state index in [1.165, 1.54) is 0 Å². The minimum atomic E-state index is -1.18. The third-order valence-electron chi connectivity index (χ3n) is 4.45. The summed E-state index contributed by atoms with van der Waals surface area (Å²) < 4.78 is 40.5. The molecule has 0 saturated carbocycles. The molecule has 0 aliphatic carbocycles. The monoisotopic (exact) mass is 358 g/mol. The van der Waals surface area contributed by atoms with Gasteiger partial charge in [0.05, 0.1) is 11.6 Å². The van der Waals surface area contributed by atoms with Crippen LogP contribution in [0.1, 0.15) is 23.2 Å². The van der Waals surface area contributed by atoms with Crippen LogP contribution in [0.4, 0.5) is 13.2 Å². The van der Waals surface area contributed by atoms with Crippen LogP contribution < -0.4 is 5.32 Å². The molecular formula is C16H17F3N2O2S. The van der Waals surface area contributed by atoms with E-state index in [2.05, 4.69) is 5.32 Å². The lowest BCUT2D eigenvalue weighted by Crippen LogP contribution is -2.48. The van der Waals surface area contributed by atoms with Gasteiger partial charge >= 0.3 is 0 Å². The Morgan fingerprint density at radius 3 is 2.29 bits per heavy atom. The van der Waals surface area contributed by atoms with Crippen molar-refractivity contribution in [2.24, 2.45) is 5.92 Å². The highest BCUT2D eigenvalue weighted by Crippen LogP contribution is 2.26. The highest BCUT2D eigenvalue weighted by atomic mass is 32.2. The van der Waals surface area contributed by atoms with Crippen LogP contribution in [0.5, 0.6) is 0 Å². The molecule has 1 N–H and O–H groups in total. The van der Waals surface area contributed by atoms with Crippen molar-refractivity contribution in [3.05, 3.63) is 35.1 Å². The van der Waals surface area contributed by atoms with E-state index in [9.17, 15) is 22.8 Å². The molecule has 2 fully saturated rings. The Morgan fingerprint density at radius 2 is 1.75 bits per heavy atom. The SMILES string of the molecule is O=C(c1c(F)cc(F)cc1F)C1CCN(C(=O)C2CSCN2)CC1. The second-order valence-corrected chi connectivity index (χ2v) is 7.01. The quantitative estimate of drug-likeness (QED) is 0.842. The number of thioether (sulfide) groups is 1. The highest BCUT2D eigenvalue weighted by Gasteiger charge is 2.34. The zero-order chi connectivity index (χ0) is 17.3. The number of nitrogens with one attached hydrogen (secondary N) is 1. The molecule has 2 aliphatic rings. The third kappa shape index (κ3) is 3.44. The summed E-state index contributed by atoms with van der Waals surface area (Å²) in [5.41, 5.74) is -0.685. The van der Waals surface area contributed by atoms with Crippen LogP contribution in [0.2, 0.25) is 0 Å². The van der Waals surface area contributed by atoms with Gasteiger partial charge in [0.25, 0.3) is 0 Å². The molecule has 0 radical (unpaired) electrons. The van der Waals surface area contributed by atoms with Crippen molar-refractivity contribution in [3.63, 3.8) is 0 Å². The third-order valence-corrected chi connectivity index (χ3v) is 5.38. The first-order chi connectivity index (χ1) is 11.5. The first-order valence-corrected chi connectivity index (χ1v) is 8.91. The van der Waals surface area contributed by atoms with E-state index in [0.29, 0.717) is 38.1 Å². The molecule has 2 heterocycles. The van der Waals surface area contributed by atoms with Gasteiger partial charge in [-0.1, -0.05) is 0 Å². The smallest absolute Gasteiger partial charge is 0.240 e. The Bertz CT molecular complexity index is 634. The van der Waals surface area contributed by atoms with Crippen molar-refractivity contribution in [1.29, 1.82) is 0 Å². The predicted molar refractivity (Wildman–Crippen MR) is 84.2 cm³/mol. The number of likely N-dealkylation sites (tertiary alicyclic amines) is 1. The number of carbonyl (C=O) groups is 2. The summed E-state index contributed by atoms with van der Waals surface area (Å²) in [5.74, 6) is -3.15. The average molecular weight is 358 g/mol. The standard InChI is InChI=1S/C16H17F3N2O2S/c17-10-5-11(18)14(12(19)6-10)15(22)9-1-3-21(4-2-9)16(23)13-7-24-8-20-13/h5-6,9,13,20H,1-4,7-8H2. The molecule has 0 aromatic heterocycles.